The predicted molar refractivity (Wildman–Crippen MR) is 108 cm³/mol. The number of hydrogen-bond acceptors (Lipinski definition) is 7. The van der Waals surface area contributed by atoms with Crippen molar-refractivity contribution in [2.45, 2.75) is 31.6 Å². The van der Waals surface area contributed by atoms with Crippen LogP contribution >= 0.6 is 11.3 Å². The Morgan fingerprint density at radius 1 is 1.00 bits per heavy atom. The number of nitrogens with one attached hydrogen (secondary N) is 1. The van der Waals surface area contributed by atoms with Crippen LogP contribution < -0.4 is 11.1 Å². The summed E-state index contributed by atoms with van der Waals surface area (Å²) < 4.78 is 0. The van der Waals surface area contributed by atoms with Crippen molar-refractivity contribution in [3.63, 3.8) is 0 Å². The molecule has 0 saturated heterocycles. The molecule has 146 valence electrons. The SMILES string of the molecule is CC(C)(N)NCC(O)(O)c1cccc2ccccc12.OC(O)c1cccs1. The van der Waals surface area contributed by atoms with Gasteiger partial charge in [0.2, 0.25) is 5.79 Å². The zero-order valence-corrected chi connectivity index (χ0v) is 16.1. The van der Waals surface area contributed by atoms with Gasteiger partial charge in [-0.05, 0) is 36.1 Å². The van der Waals surface area contributed by atoms with Crippen LogP contribution in [0.25, 0.3) is 10.8 Å². The van der Waals surface area contributed by atoms with Crippen molar-refractivity contribution < 1.29 is 20.4 Å². The number of aliphatic hydroxyl groups is 4. The van der Waals surface area contributed by atoms with Gasteiger partial charge < -0.3 is 26.2 Å². The van der Waals surface area contributed by atoms with Crippen molar-refractivity contribution in [3.8, 4) is 0 Å². The smallest absolute Gasteiger partial charge is 0.203 e. The zero-order chi connectivity index (χ0) is 20.1. The molecule has 3 aromatic rings. The molecule has 0 amide bonds. The number of fused-ring (bicyclic) bond motifs is 1. The lowest BCUT2D eigenvalue weighted by Crippen LogP contribution is -2.53. The Bertz CT molecular complexity index is 837. The molecule has 2 aromatic carbocycles. The van der Waals surface area contributed by atoms with Crippen molar-refractivity contribution >= 4 is 22.1 Å². The summed E-state index contributed by atoms with van der Waals surface area (Å²) >= 11 is 1.33. The monoisotopic (exact) mass is 390 g/mol. The third-order valence-corrected chi connectivity index (χ3v) is 4.72. The Labute approximate surface area is 162 Å². The molecule has 0 bridgehead atoms. The van der Waals surface area contributed by atoms with E-state index in [1.165, 1.54) is 11.3 Å². The second-order valence-electron chi connectivity index (χ2n) is 6.81. The third-order valence-electron chi connectivity index (χ3n) is 3.81. The maximum absolute atomic E-state index is 10.3. The van der Waals surface area contributed by atoms with Crippen LogP contribution in [0.2, 0.25) is 0 Å². The largest absolute Gasteiger partial charge is 0.364 e. The fourth-order valence-corrected chi connectivity index (χ4v) is 3.05. The minimum absolute atomic E-state index is 0.0372. The lowest BCUT2D eigenvalue weighted by Gasteiger charge is -2.29. The molecule has 0 unspecified atom stereocenters. The number of benzene rings is 2. The van der Waals surface area contributed by atoms with Gasteiger partial charge in [-0.1, -0.05) is 48.5 Å². The van der Waals surface area contributed by atoms with E-state index in [1.54, 1.807) is 37.4 Å². The van der Waals surface area contributed by atoms with E-state index in [0.29, 0.717) is 10.4 Å². The highest BCUT2D eigenvalue weighted by Gasteiger charge is 2.29. The van der Waals surface area contributed by atoms with Crippen LogP contribution in [-0.4, -0.2) is 32.6 Å². The molecule has 0 aliphatic carbocycles. The van der Waals surface area contributed by atoms with E-state index in [0.717, 1.165) is 10.8 Å². The van der Waals surface area contributed by atoms with Crippen LogP contribution in [0.1, 0.15) is 30.6 Å². The normalized spacial score (nSPS) is 12.1. The van der Waals surface area contributed by atoms with Crippen LogP contribution in [0, 0.1) is 0 Å². The first kappa shape index (κ1) is 21.5. The first-order valence-corrected chi connectivity index (χ1v) is 9.34. The lowest BCUT2D eigenvalue weighted by atomic mass is 9.97. The predicted octanol–water partition coefficient (Wildman–Crippen LogP) is 1.99. The molecule has 3 rings (SSSR count). The Kier molecular flexibility index (Phi) is 7.07. The van der Waals surface area contributed by atoms with Crippen LogP contribution in [0.4, 0.5) is 0 Å². The van der Waals surface area contributed by atoms with Gasteiger partial charge in [0, 0.05) is 5.56 Å². The Morgan fingerprint density at radius 3 is 2.22 bits per heavy atom. The molecule has 1 heterocycles. The highest BCUT2D eigenvalue weighted by atomic mass is 32.1. The average Bonchev–Trinajstić information content (AvgIpc) is 3.15. The van der Waals surface area contributed by atoms with E-state index in [4.69, 9.17) is 15.9 Å². The topological polar surface area (TPSA) is 119 Å². The molecule has 27 heavy (non-hydrogen) atoms. The van der Waals surface area contributed by atoms with Crippen molar-refractivity contribution in [2.75, 3.05) is 6.54 Å². The summed E-state index contributed by atoms with van der Waals surface area (Å²) in [6, 6.07) is 16.5. The third kappa shape index (κ3) is 6.37. The van der Waals surface area contributed by atoms with E-state index in [1.807, 2.05) is 36.4 Å². The van der Waals surface area contributed by atoms with Gasteiger partial charge in [-0.15, -0.1) is 11.3 Å². The second-order valence-corrected chi connectivity index (χ2v) is 7.79. The fraction of sp³-hybridized carbons (Fsp3) is 0.300. The standard InChI is InChI=1S/C15H20N2O2.C5H6O2S/c1-14(2,16)17-10-15(18,19)13-9-5-7-11-6-3-4-8-12(11)13;6-5(7)4-2-1-3-8-4/h3-9,17-19H,10,16H2,1-2H3;1-3,5-7H. The molecule has 0 spiro atoms. The average molecular weight is 391 g/mol. The molecular weight excluding hydrogens is 364 g/mol. The molecule has 7 N–H and O–H groups in total. The molecule has 0 aliphatic heterocycles. The molecule has 1 aromatic heterocycles. The van der Waals surface area contributed by atoms with Gasteiger partial charge in [0.25, 0.3) is 0 Å². The highest BCUT2D eigenvalue weighted by Crippen LogP contribution is 2.26. The molecule has 7 heteroatoms. The molecule has 0 aliphatic rings. The van der Waals surface area contributed by atoms with Gasteiger partial charge in [0.1, 0.15) is 0 Å². The molecule has 6 nitrogen and oxygen atoms in total. The number of hydrogen-bond donors (Lipinski definition) is 6. The van der Waals surface area contributed by atoms with E-state index in [9.17, 15) is 10.2 Å². The van der Waals surface area contributed by atoms with E-state index < -0.39 is 17.7 Å². The molecular formula is C20H26N2O4S. The molecule has 0 saturated carbocycles. The lowest BCUT2D eigenvalue weighted by molar-refractivity contribution is -0.166. The zero-order valence-electron chi connectivity index (χ0n) is 15.3. The van der Waals surface area contributed by atoms with Crippen LogP contribution in [0.5, 0.6) is 0 Å². The summed E-state index contributed by atoms with van der Waals surface area (Å²) in [5.74, 6) is -1.96. The van der Waals surface area contributed by atoms with Crippen LogP contribution in [0.15, 0.2) is 60.0 Å². The Hall–Kier alpha value is -1.84. The molecule has 0 radical (unpaired) electrons. The Morgan fingerprint density at radius 2 is 1.67 bits per heavy atom. The van der Waals surface area contributed by atoms with Crippen LogP contribution in [0.3, 0.4) is 0 Å². The maximum atomic E-state index is 10.3. The van der Waals surface area contributed by atoms with E-state index >= 15 is 0 Å². The summed E-state index contributed by atoms with van der Waals surface area (Å²) in [4.78, 5) is 0.588. The molecule has 0 atom stereocenters. The summed E-state index contributed by atoms with van der Waals surface area (Å²) in [6.07, 6.45) is -1.30. The molecule has 0 fully saturated rings. The number of rotatable bonds is 5. The van der Waals surface area contributed by atoms with E-state index in [2.05, 4.69) is 5.32 Å². The summed E-state index contributed by atoms with van der Waals surface area (Å²) in [7, 11) is 0. The minimum atomic E-state index is -1.96. The quantitative estimate of drug-likeness (QED) is 0.371. The van der Waals surface area contributed by atoms with Crippen molar-refractivity contribution in [1.82, 2.24) is 5.32 Å². The minimum Gasteiger partial charge on any atom is -0.364 e. The van der Waals surface area contributed by atoms with Gasteiger partial charge in [0.15, 0.2) is 6.29 Å². The van der Waals surface area contributed by atoms with Gasteiger partial charge in [-0.25, -0.2) is 0 Å². The maximum Gasteiger partial charge on any atom is 0.203 e. The first-order chi connectivity index (χ1) is 12.6. The van der Waals surface area contributed by atoms with Gasteiger partial charge >= 0.3 is 0 Å². The summed E-state index contributed by atoms with van der Waals surface area (Å²) in [6.45, 7) is 3.50. The number of nitrogens with two attached hydrogens (primary N) is 1. The summed E-state index contributed by atoms with van der Waals surface area (Å²) in [5.41, 5.74) is 5.61. The highest BCUT2D eigenvalue weighted by molar-refractivity contribution is 7.09. The van der Waals surface area contributed by atoms with Crippen molar-refractivity contribution in [2.24, 2.45) is 5.73 Å². The fourth-order valence-electron chi connectivity index (χ4n) is 2.46. The van der Waals surface area contributed by atoms with Gasteiger partial charge in [-0.2, -0.15) is 0 Å². The van der Waals surface area contributed by atoms with Crippen molar-refractivity contribution in [3.05, 3.63) is 70.4 Å². The van der Waals surface area contributed by atoms with E-state index in [-0.39, 0.29) is 6.54 Å². The summed E-state index contributed by atoms with van der Waals surface area (Å²) in [5, 5.41) is 44.0. The van der Waals surface area contributed by atoms with Gasteiger partial charge in [0.05, 0.1) is 17.1 Å². The van der Waals surface area contributed by atoms with Gasteiger partial charge in [-0.3, -0.25) is 5.32 Å². The van der Waals surface area contributed by atoms with Crippen LogP contribution in [-0.2, 0) is 5.79 Å². The number of thiophene rings is 1. The Balaban J connectivity index is 0.000000273. The van der Waals surface area contributed by atoms with Crippen molar-refractivity contribution in [1.29, 1.82) is 0 Å². The first-order valence-electron chi connectivity index (χ1n) is 8.46. The second kappa shape index (κ2) is 8.90. The number of aliphatic hydroxyl groups excluding tert-OH is 1.